The van der Waals surface area contributed by atoms with Gasteiger partial charge in [-0.1, -0.05) is 24.3 Å². The molecule has 1 heterocycles. The van der Waals surface area contributed by atoms with E-state index < -0.39 is 0 Å². The monoisotopic (exact) mass is 266 g/mol. The van der Waals surface area contributed by atoms with Gasteiger partial charge in [0.05, 0.1) is 24.0 Å². The van der Waals surface area contributed by atoms with Crippen molar-refractivity contribution in [2.24, 2.45) is 0 Å². The van der Waals surface area contributed by atoms with Gasteiger partial charge in [-0.05, 0) is 48.2 Å². The first kappa shape index (κ1) is 12.9. The van der Waals surface area contributed by atoms with Crippen molar-refractivity contribution in [1.82, 2.24) is 9.55 Å². The number of fused-ring (bicyclic) bond motifs is 1. The second-order valence-corrected chi connectivity index (χ2v) is 5.22. The average molecular weight is 266 g/mol. The Labute approximate surface area is 118 Å². The minimum Gasteiger partial charge on any atom is -0.392 e. The Bertz CT molecular complexity index is 739. The molecule has 20 heavy (non-hydrogen) atoms. The Morgan fingerprint density at radius 3 is 2.55 bits per heavy atom. The third-order valence-electron chi connectivity index (χ3n) is 3.84. The number of imidazole rings is 1. The SMILES string of the molecule is Cc1cccc(C)c1Cn1cnc2ccc(CO)cc21. The highest BCUT2D eigenvalue weighted by Gasteiger charge is 2.07. The molecule has 0 aliphatic heterocycles. The van der Waals surface area contributed by atoms with Gasteiger partial charge in [0.25, 0.3) is 0 Å². The molecule has 0 saturated heterocycles. The first-order valence-corrected chi connectivity index (χ1v) is 6.79. The third kappa shape index (κ3) is 2.21. The van der Waals surface area contributed by atoms with Crippen molar-refractivity contribution in [2.45, 2.75) is 27.0 Å². The van der Waals surface area contributed by atoms with Crippen LogP contribution in [0.5, 0.6) is 0 Å². The normalized spacial score (nSPS) is 11.2. The van der Waals surface area contributed by atoms with E-state index in [0.717, 1.165) is 23.1 Å². The maximum absolute atomic E-state index is 9.27. The summed E-state index contributed by atoms with van der Waals surface area (Å²) in [6, 6.07) is 12.3. The lowest BCUT2D eigenvalue weighted by molar-refractivity contribution is 0.282. The van der Waals surface area contributed by atoms with E-state index in [4.69, 9.17) is 0 Å². The van der Waals surface area contributed by atoms with Crippen molar-refractivity contribution in [2.75, 3.05) is 0 Å². The van der Waals surface area contributed by atoms with Crippen molar-refractivity contribution in [3.63, 3.8) is 0 Å². The molecular formula is C17H18N2O. The van der Waals surface area contributed by atoms with E-state index in [0.29, 0.717) is 0 Å². The van der Waals surface area contributed by atoms with Crippen LogP contribution in [0.15, 0.2) is 42.7 Å². The van der Waals surface area contributed by atoms with Gasteiger partial charge in [0.2, 0.25) is 0 Å². The molecule has 0 aliphatic rings. The first-order chi connectivity index (χ1) is 9.69. The fourth-order valence-electron chi connectivity index (χ4n) is 2.60. The van der Waals surface area contributed by atoms with Gasteiger partial charge in [-0.2, -0.15) is 0 Å². The van der Waals surface area contributed by atoms with Gasteiger partial charge in [-0.25, -0.2) is 4.98 Å². The number of nitrogens with zero attached hydrogens (tertiary/aromatic N) is 2. The number of aryl methyl sites for hydroxylation is 2. The molecule has 0 fully saturated rings. The molecule has 1 N–H and O–H groups in total. The van der Waals surface area contributed by atoms with Crippen LogP contribution in [-0.2, 0) is 13.2 Å². The van der Waals surface area contributed by atoms with E-state index in [1.165, 1.54) is 16.7 Å². The van der Waals surface area contributed by atoms with Gasteiger partial charge < -0.3 is 9.67 Å². The van der Waals surface area contributed by atoms with Crippen LogP contribution in [0.3, 0.4) is 0 Å². The van der Waals surface area contributed by atoms with Gasteiger partial charge in [-0.3, -0.25) is 0 Å². The predicted octanol–water partition coefficient (Wildman–Crippen LogP) is 3.19. The molecule has 0 radical (unpaired) electrons. The topological polar surface area (TPSA) is 38.0 Å². The number of aliphatic hydroxyl groups is 1. The maximum atomic E-state index is 9.27. The highest BCUT2D eigenvalue weighted by Crippen LogP contribution is 2.20. The van der Waals surface area contributed by atoms with Gasteiger partial charge in [0, 0.05) is 6.54 Å². The summed E-state index contributed by atoms with van der Waals surface area (Å²) in [6.07, 6.45) is 1.87. The lowest BCUT2D eigenvalue weighted by Gasteiger charge is -2.11. The number of hydrogen-bond acceptors (Lipinski definition) is 2. The second kappa shape index (κ2) is 5.10. The number of benzene rings is 2. The molecule has 0 aliphatic carbocycles. The zero-order valence-corrected chi connectivity index (χ0v) is 11.8. The molecule has 0 amide bonds. The fourth-order valence-corrected chi connectivity index (χ4v) is 2.60. The lowest BCUT2D eigenvalue weighted by Crippen LogP contribution is -2.02. The minimum absolute atomic E-state index is 0.0600. The minimum atomic E-state index is 0.0600. The Kier molecular flexibility index (Phi) is 3.28. The molecule has 0 bridgehead atoms. The Hall–Kier alpha value is -2.13. The van der Waals surface area contributed by atoms with Gasteiger partial charge in [0.15, 0.2) is 0 Å². The highest BCUT2D eigenvalue weighted by molar-refractivity contribution is 5.76. The van der Waals surface area contributed by atoms with E-state index in [9.17, 15) is 5.11 Å². The fraction of sp³-hybridized carbons (Fsp3) is 0.235. The summed E-state index contributed by atoms with van der Waals surface area (Å²) in [4.78, 5) is 4.43. The van der Waals surface area contributed by atoms with E-state index >= 15 is 0 Å². The van der Waals surface area contributed by atoms with Crippen LogP contribution in [0.4, 0.5) is 0 Å². The van der Waals surface area contributed by atoms with Crippen molar-refractivity contribution < 1.29 is 5.11 Å². The lowest BCUT2D eigenvalue weighted by atomic mass is 10.0. The summed E-state index contributed by atoms with van der Waals surface area (Å²) < 4.78 is 2.14. The zero-order chi connectivity index (χ0) is 14.1. The number of rotatable bonds is 3. The summed E-state index contributed by atoms with van der Waals surface area (Å²) in [5.74, 6) is 0. The molecule has 1 aromatic heterocycles. The van der Waals surface area contributed by atoms with Crippen molar-refractivity contribution >= 4 is 11.0 Å². The van der Waals surface area contributed by atoms with Crippen LogP contribution in [0.25, 0.3) is 11.0 Å². The maximum Gasteiger partial charge on any atom is 0.0961 e. The van der Waals surface area contributed by atoms with Gasteiger partial charge in [-0.15, -0.1) is 0 Å². The molecule has 0 spiro atoms. The second-order valence-electron chi connectivity index (χ2n) is 5.22. The van der Waals surface area contributed by atoms with E-state index in [1.807, 2.05) is 24.5 Å². The highest BCUT2D eigenvalue weighted by atomic mass is 16.3. The summed E-state index contributed by atoms with van der Waals surface area (Å²) in [5, 5.41) is 9.27. The van der Waals surface area contributed by atoms with E-state index in [-0.39, 0.29) is 6.61 Å². The quantitative estimate of drug-likeness (QED) is 0.790. The summed E-state index contributed by atoms with van der Waals surface area (Å²) in [7, 11) is 0. The zero-order valence-electron chi connectivity index (χ0n) is 11.8. The third-order valence-corrected chi connectivity index (χ3v) is 3.84. The van der Waals surface area contributed by atoms with Crippen molar-refractivity contribution in [3.05, 3.63) is 65.0 Å². The van der Waals surface area contributed by atoms with Gasteiger partial charge >= 0.3 is 0 Å². The first-order valence-electron chi connectivity index (χ1n) is 6.79. The molecule has 3 rings (SSSR count). The van der Waals surface area contributed by atoms with Crippen LogP contribution < -0.4 is 0 Å². The Morgan fingerprint density at radius 2 is 1.85 bits per heavy atom. The van der Waals surface area contributed by atoms with Gasteiger partial charge in [0.1, 0.15) is 0 Å². The molecule has 0 unspecified atom stereocenters. The molecule has 0 saturated carbocycles. The smallest absolute Gasteiger partial charge is 0.0961 e. The standard InChI is InChI=1S/C17H18N2O/c1-12-4-3-5-13(2)15(12)9-19-11-18-16-7-6-14(10-20)8-17(16)19/h3-8,11,20H,9-10H2,1-2H3. The summed E-state index contributed by atoms with van der Waals surface area (Å²) in [6.45, 7) is 5.15. The molecule has 3 aromatic rings. The van der Waals surface area contributed by atoms with E-state index in [1.54, 1.807) is 0 Å². The summed E-state index contributed by atoms with van der Waals surface area (Å²) in [5.41, 5.74) is 6.88. The van der Waals surface area contributed by atoms with Crippen molar-refractivity contribution in [3.8, 4) is 0 Å². The molecule has 3 heteroatoms. The molecule has 3 nitrogen and oxygen atoms in total. The van der Waals surface area contributed by atoms with Crippen LogP contribution in [-0.4, -0.2) is 14.7 Å². The van der Waals surface area contributed by atoms with Crippen LogP contribution >= 0.6 is 0 Å². The van der Waals surface area contributed by atoms with Crippen LogP contribution in [0.1, 0.15) is 22.3 Å². The Balaban J connectivity index is 2.06. The molecule has 102 valence electrons. The largest absolute Gasteiger partial charge is 0.392 e. The van der Waals surface area contributed by atoms with Crippen LogP contribution in [0, 0.1) is 13.8 Å². The number of aromatic nitrogens is 2. The van der Waals surface area contributed by atoms with E-state index in [2.05, 4.69) is 41.6 Å². The molecule has 0 atom stereocenters. The predicted molar refractivity (Wildman–Crippen MR) is 80.7 cm³/mol. The summed E-state index contributed by atoms with van der Waals surface area (Å²) >= 11 is 0. The average Bonchev–Trinajstić information content (AvgIpc) is 2.85. The number of hydrogen-bond donors (Lipinski definition) is 1. The molecular weight excluding hydrogens is 248 g/mol. The Morgan fingerprint density at radius 1 is 1.10 bits per heavy atom. The van der Waals surface area contributed by atoms with Crippen LogP contribution in [0.2, 0.25) is 0 Å². The van der Waals surface area contributed by atoms with Crippen molar-refractivity contribution in [1.29, 1.82) is 0 Å². The number of aliphatic hydroxyl groups excluding tert-OH is 1. The molecule has 2 aromatic carbocycles.